The Kier molecular flexibility index (Phi) is 2.72. The van der Waals surface area contributed by atoms with E-state index in [2.05, 4.69) is 15.3 Å². The third-order valence-electron chi connectivity index (χ3n) is 2.25. The molecule has 1 aromatic carbocycles. The van der Waals surface area contributed by atoms with E-state index < -0.39 is 0 Å². The van der Waals surface area contributed by atoms with Crippen LogP contribution in [0.3, 0.4) is 0 Å². The van der Waals surface area contributed by atoms with Crippen LogP contribution in [0.4, 0.5) is 17.2 Å². The molecule has 1 heterocycles. The number of hydrogen-bond donors (Lipinski definition) is 2. The van der Waals surface area contributed by atoms with E-state index in [0.29, 0.717) is 0 Å². The number of nitrogen functional groups attached to an aromatic ring is 1. The Bertz CT molecular complexity index is 508. The second-order valence-corrected chi connectivity index (χ2v) is 3.70. The smallest absolute Gasteiger partial charge is 0.134 e. The summed E-state index contributed by atoms with van der Waals surface area (Å²) in [4.78, 5) is 8.29. The summed E-state index contributed by atoms with van der Waals surface area (Å²) in [5, 5.41) is 3.16. The number of nitrogens with one attached hydrogen (secondary N) is 1. The van der Waals surface area contributed by atoms with E-state index in [1.54, 1.807) is 6.20 Å². The molecular weight excluding hydrogens is 200 g/mol. The molecule has 0 aliphatic heterocycles. The van der Waals surface area contributed by atoms with Gasteiger partial charge in [-0.15, -0.1) is 0 Å². The summed E-state index contributed by atoms with van der Waals surface area (Å²) in [7, 11) is 0. The van der Waals surface area contributed by atoms with Crippen LogP contribution in [-0.2, 0) is 0 Å². The Morgan fingerprint density at radius 1 is 1.19 bits per heavy atom. The van der Waals surface area contributed by atoms with Crippen LogP contribution in [0.5, 0.6) is 0 Å². The van der Waals surface area contributed by atoms with Crippen LogP contribution in [0.2, 0.25) is 0 Å². The second kappa shape index (κ2) is 4.18. The first-order valence-corrected chi connectivity index (χ1v) is 5.08. The Hall–Kier alpha value is -2.10. The number of aromatic nitrogens is 2. The first-order chi connectivity index (χ1) is 7.65. The summed E-state index contributed by atoms with van der Waals surface area (Å²) in [6.07, 6.45) is 1.72. The molecule has 0 saturated carbocycles. The highest BCUT2D eigenvalue weighted by molar-refractivity contribution is 5.71. The molecule has 1 aromatic heterocycles. The summed E-state index contributed by atoms with van der Waals surface area (Å²) >= 11 is 0. The lowest BCUT2D eigenvalue weighted by molar-refractivity contribution is 1.06. The maximum absolute atomic E-state index is 5.90. The molecule has 4 heteroatoms. The zero-order chi connectivity index (χ0) is 11.5. The van der Waals surface area contributed by atoms with Crippen LogP contribution >= 0.6 is 0 Å². The number of hydrogen-bond acceptors (Lipinski definition) is 4. The van der Waals surface area contributed by atoms with Crippen LogP contribution in [0.15, 0.2) is 30.5 Å². The van der Waals surface area contributed by atoms with Gasteiger partial charge in [-0.05, 0) is 37.6 Å². The molecule has 2 rings (SSSR count). The standard InChI is InChI=1S/C12H14N4/c1-8-3-4-11(10(13)7-8)16-12-5-6-14-9(2)15-12/h3-7H,13H2,1-2H3,(H,14,15,16). The lowest BCUT2D eigenvalue weighted by atomic mass is 10.2. The lowest BCUT2D eigenvalue weighted by Crippen LogP contribution is -1.99. The van der Waals surface area contributed by atoms with Crippen molar-refractivity contribution < 1.29 is 0 Å². The number of benzene rings is 1. The van der Waals surface area contributed by atoms with Crippen molar-refractivity contribution in [2.24, 2.45) is 0 Å². The first kappa shape index (κ1) is 10.4. The fourth-order valence-electron chi connectivity index (χ4n) is 1.46. The highest BCUT2D eigenvalue weighted by atomic mass is 15.0. The first-order valence-electron chi connectivity index (χ1n) is 5.08. The highest BCUT2D eigenvalue weighted by Crippen LogP contribution is 2.22. The predicted molar refractivity (Wildman–Crippen MR) is 65.6 cm³/mol. The number of nitrogens with zero attached hydrogens (tertiary/aromatic N) is 2. The average molecular weight is 214 g/mol. The van der Waals surface area contributed by atoms with Crippen LogP contribution < -0.4 is 11.1 Å². The molecule has 0 unspecified atom stereocenters. The van der Waals surface area contributed by atoms with Crippen LogP contribution in [0, 0.1) is 13.8 Å². The third-order valence-corrected chi connectivity index (χ3v) is 2.25. The Labute approximate surface area is 94.5 Å². The van der Waals surface area contributed by atoms with Gasteiger partial charge in [0.25, 0.3) is 0 Å². The van der Waals surface area contributed by atoms with E-state index in [-0.39, 0.29) is 0 Å². The Morgan fingerprint density at radius 2 is 2.00 bits per heavy atom. The Morgan fingerprint density at radius 3 is 2.69 bits per heavy atom. The summed E-state index contributed by atoms with van der Waals surface area (Å²) in [5.41, 5.74) is 8.63. The molecule has 0 radical (unpaired) electrons. The van der Waals surface area contributed by atoms with Gasteiger partial charge in [-0.2, -0.15) is 0 Å². The molecular formula is C12H14N4. The lowest BCUT2D eigenvalue weighted by Gasteiger charge is -2.09. The maximum atomic E-state index is 5.90. The van der Waals surface area contributed by atoms with E-state index in [4.69, 9.17) is 5.73 Å². The molecule has 0 spiro atoms. The van der Waals surface area contributed by atoms with Crippen molar-refractivity contribution in [2.75, 3.05) is 11.1 Å². The third kappa shape index (κ3) is 2.28. The van der Waals surface area contributed by atoms with Crippen LogP contribution in [0.1, 0.15) is 11.4 Å². The molecule has 82 valence electrons. The van der Waals surface area contributed by atoms with E-state index in [1.165, 1.54) is 0 Å². The van der Waals surface area contributed by atoms with Gasteiger partial charge in [0.15, 0.2) is 0 Å². The number of aryl methyl sites for hydroxylation is 2. The quantitative estimate of drug-likeness (QED) is 0.753. The van der Waals surface area contributed by atoms with Gasteiger partial charge in [0.2, 0.25) is 0 Å². The summed E-state index contributed by atoms with van der Waals surface area (Å²) in [6.45, 7) is 3.86. The normalized spacial score (nSPS) is 10.1. The van der Waals surface area contributed by atoms with Crippen LogP contribution in [-0.4, -0.2) is 9.97 Å². The summed E-state index contributed by atoms with van der Waals surface area (Å²) in [6, 6.07) is 7.69. The van der Waals surface area contributed by atoms with Crippen molar-refractivity contribution in [3.8, 4) is 0 Å². The zero-order valence-electron chi connectivity index (χ0n) is 9.36. The van der Waals surface area contributed by atoms with Crippen LogP contribution in [0.25, 0.3) is 0 Å². The fourth-order valence-corrected chi connectivity index (χ4v) is 1.46. The molecule has 0 amide bonds. The van der Waals surface area contributed by atoms with Crippen molar-refractivity contribution in [2.45, 2.75) is 13.8 Å². The monoisotopic (exact) mass is 214 g/mol. The molecule has 0 aliphatic rings. The van der Waals surface area contributed by atoms with E-state index in [0.717, 1.165) is 28.6 Å². The molecule has 0 fully saturated rings. The van der Waals surface area contributed by atoms with Gasteiger partial charge in [0.05, 0.1) is 11.4 Å². The van der Waals surface area contributed by atoms with E-state index in [9.17, 15) is 0 Å². The minimum absolute atomic E-state index is 0.719. The number of rotatable bonds is 2. The molecule has 4 nitrogen and oxygen atoms in total. The van der Waals surface area contributed by atoms with Gasteiger partial charge in [0, 0.05) is 6.20 Å². The SMILES string of the molecule is Cc1ccc(Nc2ccnc(C)n2)c(N)c1. The van der Waals surface area contributed by atoms with Crippen molar-refractivity contribution in [1.82, 2.24) is 9.97 Å². The fraction of sp³-hybridized carbons (Fsp3) is 0.167. The molecule has 0 saturated heterocycles. The van der Waals surface area contributed by atoms with Crippen molar-refractivity contribution >= 4 is 17.2 Å². The molecule has 0 atom stereocenters. The molecule has 0 aliphatic carbocycles. The maximum Gasteiger partial charge on any atom is 0.134 e. The van der Waals surface area contributed by atoms with Gasteiger partial charge < -0.3 is 11.1 Å². The van der Waals surface area contributed by atoms with Gasteiger partial charge >= 0.3 is 0 Å². The zero-order valence-corrected chi connectivity index (χ0v) is 9.36. The minimum atomic E-state index is 0.719. The molecule has 0 bridgehead atoms. The number of nitrogens with two attached hydrogens (primary N) is 1. The van der Waals surface area contributed by atoms with E-state index in [1.807, 2.05) is 38.1 Å². The van der Waals surface area contributed by atoms with E-state index >= 15 is 0 Å². The highest BCUT2D eigenvalue weighted by Gasteiger charge is 2.01. The topological polar surface area (TPSA) is 63.8 Å². The summed E-state index contributed by atoms with van der Waals surface area (Å²) < 4.78 is 0. The van der Waals surface area contributed by atoms with Crippen molar-refractivity contribution in [3.63, 3.8) is 0 Å². The Balaban J connectivity index is 2.27. The van der Waals surface area contributed by atoms with Gasteiger partial charge in [0.1, 0.15) is 11.6 Å². The van der Waals surface area contributed by atoms with Gasteiger partial charge in [-0.1, -0.05) is 6.07 Å². The number of anilines is 3. The van der Waals surface area contributed by atoms with Crippen molar-refractivity contribution in [3.05, 3.63) is 41.9 Å². The molecule has 3 N–H and O–H groups in total. The van der Waals surface area contributed by atoms with Crippen molar-refractivity contribution in [1.29, 1.82) is 0 Å². The second-order valence-electron chi connectivity index (χ2n) is 3.70. The predicted octanol–water partition coefficient (Wildman–Crippen LogP) is 2.42. The van der Waals surface area contributed by atoms with Gasteiger partial charge in [-0.25, -0.2) is 9.97 Å². The molecule has 2 aromatic rings. The van der Waals surface area contributed by atoms with Gasteiger partial charge in [-0.3, -0.25) is 0 Å². The minimum Gasteiger partial charge on any atom is -0.397 e. The summed E-state index contributed by atoms with van der Waals surface area (Å²) in [5.74, 6) is 1.48. The average Bonchev–Trinajstić information content (AvgIpc) is 2.22. The largest absolute Gasteiger partial charge is 0.397 e. The molecule has 16 heavy (non-hydrogen) atoms.